The van der Waals surface area contributed by atoms with Crippen LogP contribution in [-0.4, -0.2) is 29.9 Å². The van der Waals surface area contributed by atoms with Gasteiger partial charge in [0.15, 0.2) is 0 Å². The number of anilines is 1. The van der Waals surface area contributed by atoms with Crippen molar-refractivity contribution >= 4 is 23.2 Å². The van der Waals surface area contributed by atoms with E-state index in [4.69, 9.17) is 11.6 Å². The molecule has 0 aromatic heterocycles. The average molecular weight is 347 g/mol. The standard InChI is InChI=1S/C19H20ClFN2O/c1-13-4-3-5-15(10-13)12-22-8-9-23(19(24)14(22)2)16-6-7-18(21)17(20)11-16/h3-7,10-11,14H,8-9,12H2,1-2H3. The third kappa shape index (κ3) is 3.45. The van der Waals surface area contributed by atoms with Gasteiger partial charge in [0, 0.05) is 25.3 Å². The van der Waals surface area contributed by atoms with Crippen LogP contribution in [0.25, 0.3) is 0 Å². The van der Waals surface area contributed by atoms with Crippen LogP contribution in [0.1, 0.15) is 18.1 Å². The van der Waals surface area contributed by atoms with Crippen LogP contribution in [0.2, 0.25) is 5.02 Å². The number of halogens is 2. The number of carbonyl (C=O) groups is 1. The number of nitrogens with zero attached hydrogens (tertiary/aromatic N) is 2. The molecule has 2 aromatic carbocycles. The number of benzene rings is 2. The van der Waals surface area contributed by atoms with Crippen LogP contribution in [0.4, 0.5) is 10.1 Å². The summed E-state index contributed by atoms with van der Waals surface area (Å²) in [5.41, 5.74) is 3.06. The molecule has 1 heterocycles. The normalized spacial score (nSPS) is 18.9. The topological polar surface area (TPSA) is 23.6 Å². The minimum absolute atomic E-state index is 0.0107. The van der Waals surface area contributed by atoms with Crippen LogP contribution in [-0.2, 0) is 11.3 Å². The summed E-state index contributed by atoms with van der Waals surface area (Å²) in [6.07, 6.45) is 0. The molecular formula is C19H20ClFN2O. The highest BCUT2D eigenvalue weighted by atomic mass is 35.5. The molecule has 1 amide bonds. The van der Waals surface area contributed by atoms with Crippen molar-refractivity contribution in [3.63, 3.8) is 0 Å². The van der Waals surface area contributed by atoms with Gasteiger partial charge < -0.3 is 4.90 Å². The first kappa shape index (κ1) is 16.9. The van der Waals surface area contributed by atoms with E-state index in [-0.39, 0.29) is 17.0 Å². The Bertz CT molecular complexity index is 765. The van der Waals surface area contributed by atoms with Gasteiger partial charge in [-0.05, 0) is 37.6 Å². The zero-order chi connectivity index (χ0) is 17.3. The Morgan fingerprint density at radius 2 is 2.00 bits per heavy atom. The largest absolute Gasteiger partial charge is 0.310 e. The molecule has 3 rings (SSSR count). The first-order valence-electron chi connectivity index (χ1n) is 8.02. The second-order valence-electron chi connectivity index (χ2n) is 6.22. The number of amides is 1. The lowest BCUT2D eigenvalue weighted by Gasteiger charge is -2.39. The van der Waals surface area contributed by atoms with Gasteiger partial charge in [-0.1, -0.05) is 41.4 Å². The minimum Gasteiger partial charge on any atom is -0.310 e. The van der Waals surface area contributed by atoms with Crippen molar-refractivity contribution in [1.29, 1.82) is 0 Å². The summed E-state index contributed by atoms with van der Waals surface area (Å²) in [7, 11) is 0. The number of piperazine rings is 1. The van der Waals surface area contributed by atoms with Crippen LogP contribution in [0.5, 0.6) is 0 Å². The third-order valence-corrected chi connectivity index (χ3v) is 4.75. The Hall–Kier alpha value is -1.91. The van der Waals surface area contributed by atoms with Crippen LogP contribution in [0.15, 0.2) is 42.5 Å². The molecule has 0 spiro atoms. The van der Waals surface area contributed by atoms with Gasteiger partial charge in [0.25, 0.3) is 0 Å². The van der Waals surface area contributed by atoms with Crippen LogP contribution >= 0.6 is 11.6 Å². The van der Waals surface area contributed by atoms with Gasteiger partial charge in [-0.3, -0.25) is 9.69 Å². The first-order chi connectivity index (χ1) is 11.5. The smallest absolute Gasteiger partial charge is 0.244 e. The van der Waals surface area contributed by atoms with Gasteiger partial charge in [0.1, 0.15) is 5.82 Å². The van der Waals surface area contributed by atoms with Crippen molar-refractivity contribution in [2.45, 2.75) is 26.4 Å². The van der Waals surface area contributed by atoms with Crippen LogP contribution in [0.3, 0.4) is 0 Å². The molecule has 0 bridgehead atoms. The maximum Gasteiger partial charge on any atom is 0.244 e. The molecular weight excluding hydrogens is 327 g/mol. The second-order valence-corrected chi connectivity index (χ2v) is 6.63. The molecule has 24 heavy (non-hydrogen) atoms. The van der Waals surface area contributed by atoms with E-state index in [9.17, 15) is 9.18 Å². The summed E-state index contributed by atoms with van der Waals surface area (Å²) < 4.78 is 13.3. The quantitative estimate of drug-likeness (QED) is 0.838. The van der Waals surface area contributed by atoms with Gasteiger partial charge in [0.2, 0.25) is 5.91 Å². The molecule has 1 saturated heterocycles. The third-order valence-electron chi connectivity index (χ3n) is 4.46. The van der Waals surface area contributed by atoms with Crippen molar-refractivity contribution < 1.29 is 9.18 Å². The lowest BCUT2D eigenvalue weighted by molar-refractivity contribution is -0.125. The van der Waals surface area contributed by atoms with E-state index in [2.05, 4.69) is 30.0 Å². The number of carbonyl (C=O) groups excluding carboxylic acids is 1. The fraction of sp³-hybridized carbons (Fsp3) is 0.316. The van der Waals surface area contributed by atoms with Crippen molar-refractivity contribution in [1.82, 2.24) is 4.90 Å². The molecule has 1 aliphatic heterocycles. The molecule has 3 nitrogen and oxygen atoms in total. The maximum atomic E-state index is 13.3. The Kier molecular flexibility index (Phi) is 4.88. The van der Waals surface area contributed by atoms with E-state index in [1.807, 2.05) is 13.0 Å². The number of hydrogen-bond acceptors (Lipinski definition) is 2. The van der Waals surface area contributed by atoms with E-state index in [1.165, 1.54) is 23.3 Å². The Morgan fingerprint density at radius 3 is 2.71 bits per heavy atom. The van der Waals surface area contributed by atoms with E-state index >= 15 is 0 Å². The lowest BCUT2D eigenvalue weighted by Crippen LogP contribution is -2.55. The summed E-state index contributed by atoms with van der Waals surface area (Å²) in [5.74, 6) is -0.462. The summed E-state index contributed by atoms with van der Waals surface area (Å²) in [4.78, 5) is 16.6. The molecule has 1 aliphatic rings. The van der Waals surface area contributed by atoms with E-state index < -0.39 is 5.82 Å². The van der Waals surface area contributed by atoms with E-state index in [0.717, 1.165) is 13.1 Å². The van der Waals surface area contributed by atoms with E-state index in [1.54, 1.807) is 11.0 Å². The highest BCUT2D eigenvalue weighted by Gasteiger charge is 2.32. The average Bonchev–Trinajstić information content (AvgIpc) is 2.55. The van der Waals surface area contributed by atoms with Gasteiger partial charge in [-0.25, -0.2) is 4.39 Å². The van der Waals surface area contributed by atoms with E-state index in [0.29, 0.717) is 12.2 Å². The molecule has 0 radical (unpaired) electrons. The van der Waals surface area contributed by atoms with Gasteiger partial charge in [0.05, 0.1) is 11.1 Å². The highest BCUT2D eigenvalue weighted by Crippen LogP contribution is 2.26. The van der Waals surface area contributed by atoms with Crippen molar-refractivity contribution in [3.8, 4) is 0 Å². The Labute approximate surface area is 146 Å². The summed E-state index contributed by atoms with van der Waals surface area (Å²) in [6.45, 7) is 6.04. The fourth-order valence-corrected chi connectivity index (χ4v) is 3.26. The fourth-order valence-electron chi connectivity index (χ4n) is 3.08. The van der Waals surface area contributed by atoms with Crippen molar-refractivity contribution in [2.75, 3.05) is 18.0 Å². The number of aryl methyl sites for hydroxylation is 1. The highest BCUT2D eigenvalue weighted by molar-refractivity contribution is 6.31. The maximum absolute atomic E-state index is 13.3. The second kappa shape index (κ2) is 6.91. The SMILES string of the molecule is Cc1cccc(CN2CCN(c3ccc(F)c(Cl)c3)C(=O)C2C)c1. The molecule has 0 N–H and O–H groups in total. The molecule has 2 aromatic rings. The minimum atomic E-state index is -0.473. The lowest BCUT2D eigenvalue weighted by atomic mass is 10.1. The summed E-state index contributed by atoms with van der Waals surface area (Å²) in [6, 6.07) is 12.5. The number of hydrogen-bond donors (Lipinski definition) is 0. The number of rotatable bonds is 3. The Morgan fingerprint density at radius 1 is 1.21 bits per heavy atom. The molecule has 0 aliphatic carbocycles. The molecule has 5 heteroatoms. The molecule has 1 fully saturated rings. The van der Waals surface area contributed by atoms with Crippen molar-refractivity contribution in [3.05, 3.63) is 64.4 Å². The molecule has 1 atom stereocenters. The molecule has 1 unspecified atom stereocenters. The van der Waals surface area contributed by atoms with Crippen LogP contribution in [0, 0.1) is 12.7 Å². The summed E-state index contributed by atoms with van der Waals surface area (Å²) in [5, 5.41) is 0.0372. The van der Waals surface area contributed by atoms with Gasteiger partial charge in [-0.15, -0.1) is 0 Å². The molecule has 0 saturated carbocycles. The predicted molar refractivity (Wildman–Crippen MR) is 94.8 cm³/mol. The van der Waals surface area contributed by atoms with Gasteiger partial charge >= 0.3 is 0 Å². The first-order valence-corrected chi connectivity index (χ1v) is 8.39. The van der Waals surface area contributed by atoms with Gasteiger partial charge in [-0.2, -0.15) is 0 Å². The van der Waals surface area contributed by atoms with Crippen molar-refractivity contribution in [2.24, 2.45) is 0 Å². The zero-order valence-electron chi connectivity index (χ0n) is 13.8. The van der Waals surface area contributed by atoms with Crippen LogP contribution < -0.4 is 4.90 Å². The Balaban J connectivity index is 1.74. The summed E-state index contributed by atoms with van der Waals surface area (Å²) >= 11 is 5.84. The predicted octanol–water partition coefficient (Wildman–Crippen LogP) is 4.02. The molecule has 126 valence electrons. The monoisotopic (exact) mass is 346 g/mol. The zero-order valence-corrected chi connectivity index (χ0v) is 14.6.